The summed E-state index contributed by atoms with van der Waals surface area (Å²) < 4.78 is 27.6. The number of aryl methyl sites for hydroxylation is 2. The van der Waals surface area contributed by atoms with Crippen LogP contribution in [0.3, 0.4) is 0 Å². The second-order valence-electron chi connectivity index (χ2n) is 7.77. The van der Waals surface area contributed by atoms with Gasteiger partial charge in [-0.15, -0.1) is 0 Å². The molecule has 0 saturated carbocycles. The van der Waals surface area contributed by atoms with Gasteiger partial charge in [-0.25, -0.2) is 13.4 Å². The number of sulfonamides is 1. The normalized spacial score (nSPS) is 11.0. The number of nitrogens with one attached hydrogen (secondary N) is 3. The van der Waals surface area contributed by atoms with E-state index in [0.29, 0.717) is 23.1 Å². The fourth-order valence-corrected chi connectivity index (χ4v) is 4.24. The number of anilines is 5. The maximum atomic E-state index is 12.6. The molecule has 0 fully saturated rings. The molecule has 10 nitrogen and oxygen atoms in total. The monoisotopic (exact) mass is 490 g/mol. The number of rotatable bonds is 8. The van der Waals surface area contributed by atoms with Crippen molar-refractivity contribution in [1.29, 1.82) is 0 Å². The lowest BCUT2D eigenvalue weighted by molar-refractivity contribution is -0.384. The van der Waals surface area contributed by atoms with Gasteiger partial charge in [0.2, 0.25) is 5.95 Å². The number of hydrogen-bond donors (Lipinski definition) is 3. The topological polar surface area (TPSA) is 139 Å². The van der Waals surface area contributed by atoms with Crippen LogP contribution < -0.4 is 15.4 Å². The first kappa shape index (κ1) is 23.6. The van der Waals surface area contributed by atoms with Crippen molar-refractivity contribution in [3.8, 4) is 0 Å². The van der Waals surface area contributed by atoms with Gasteiger partial charge in [-0.2, -0.15) is 4.98 Å². The average molecular weight is 491 g/mol. The Balaban J connectivity index is 1.45. The molecule has 178 valence electrons. The van der Waals surface area contributed by atoms with E-state index >= 15 is 0 Å². The number of non-ortho nitro benzene ring substituents is 1. The Morgan fingerprint density at radius 1 is 0.771 bits per heavy atom. The molecule has 3 N–H and O–H groups in total. The second-order valence-corrected chi connectivity index (χ2v) is 9.45. The summed E-state index contributed by atoms with van der Waals surface area (Å²) in [5.74, 6) is 1.02. The molecule has 0 aliphatic rings. The Hall–Kier alpha value is -4.51. The predicted molar refractivity (Wildman–Crippen MR) is 135 cm³/mol. The van der Waals surface area contributed by atoms with Crippen LogP contribution in [0.1, 0.15) is 11.3 Å². The van der Waals surface area contributed by atoms with Gasteiger partial charge in [-0.05, 0) is 62.4 Å². The molecule has 3 aromatic carbocycles. The van der Waals surface area contributed by atoms with Crippen molar-refractivity contribution in [3.63, 3.8) is 0 Å². The molecule has 0 radical (unpaired) electrons. The molecule has 11 heteroatoms. The predicted octanol–water partition coefficient (Wildman–Crippen LogP) is 5.29. The van der Waals surface area contributed by atoms with Crippen LogP contribution in [0.15, 0.2) is 83.8 Å². The van der Waals surface area contributed by atoms with Crippen LogP contribution in [0.4, 0.5) is 34.5 Å². The van der Waals surface area contributed by atoms with Crippen molar-refractivity contribution in [2.24, 2.45) is 0 Å². The molecular weight excluding hydrogens is 468 g/mol. The summed E-state index contributed by atoms with van der Waals surface area (Å²) in [6, 6.07) is 21.0. The molecule has 0 aliphatic heterocycles. The maximum absolute atomic E-state index is 12.6. The Labute approximate surface area is 202 Å². The Kier molecular flexibility index (Phi) is 6.60. The van der Waals surface area contributed by atoms with Crippen molar-refractivity contribution in [1.82, 2.24) is 9.97 Å². The number of nitrogens with zero attached hydrogens (tertiary/aromatic N) is 3. The summed E-state index contributed by atoms with van der Waals surface area (Å²) in [4.78, 5) is 19.0. The lowest BCUT2D eigenvalue weighted by atomic mass is 10.2. The van der Waals surface area contributed by atoms with E-state index < -0.39 is 14.9 Å². The summed E-state index contributed by atoms with van der Waals surface area (Å²) in [5, 5.41) is 17.1. The van der Waals surface area contributed by atoms with E-state index in [0.717, 1.165) is 29.1 Å². The van der Waals surface area contributed by atoms with Gasteiger partial charge >= 0.3 is 0 Å². The van der Waals surface area contributed by atoms with Gasteiger partial charge in [0.25, 0.3) is 15.7 Å². The third-order valence-electron chi connectivity index (χ3n) is 4.93. The molecule has 4 rings (SSSR count). The van der Waals surface area contributed by atoms with Crippen LogP contribution in [0.2, 0.25) is 0 Å². The molecule has 0 bridgehead atoms. The standard InChI is InChI=1S/C24H22N6O4S/c1-16-3-5-18(6-4-16)26-23-15-17(2)25-24(28-23)27-19-7-9-20(10-8-19)29-35(33,34)22-13-11-21(12-14-22)30(31)32/h3-15,29H,1-2H3,(H2,25,26,27,28). The second kappa shape index (κ2) is 9.77. The van der Waals surface area contributed by atoms with E-state index in [1.807, 2.05) is 44.2 Å². The molecule has 4 aromatic rings. The van der Waals surface area contributed by atoms with Gasteiger partial charge in [-0.3, -0.25) is 14.8 Å². The minimum absolute atomic E-state index is 0.0768. The zero-order valence-corrected chi connectivity index (χ0v) is 19.7. The van der Waals surface area contributed by atoms with Crippen molar-refractivity contribution in [3.05, 3.63) is 100 Å². The van der Waals surface area contributed by atoms with Gasteiger partial charge in [0, 0.05) is 41.0 Å². The molecule has 1 aromatic heterocycles. The third-order valence-corrected chi connectivity index (χ3v) is 6.33. The number of hydrogen-bond acceptors (Lipinski definition) is 8. The van der Waals surface area contributed by atoms with Gasteiger partial charge in [0.1, 0.15) is 5.82 Å². The van der Waals surface area contributed by atoms with Crippen LogP contribution >= 0.6 is 0 Å². The molecule has 0 saturated heterocycles. The fourth-order valence-electron chi connectivity index (χ4n) is 3.19. The van der Waals surface area contributed by atoms with E-state index in [2.05, 4.69) is 25.3 Å². The maximum Gasteiger partial charge on any atom is 0.269 e. The third kappa shape index (κ3) is 6.09. The highest BCUT2D eigenvalue weighted by molar-refractivity contribution is 7.92. The lowest BCUT2D eigenvalue weighted by Gasteiger charge is -2.11. The first-order chi connectivity index (χ1) is 16.7. The van der Waals surface area contributed by atoms with E-state index in [4.69, 9.17) is 0 Å². The Bertz CT molecular complexity index is 1460. The van der Waals surface area contributed by atoms with Gasteiger partial charge in [-0.1, -0.05) is 17.7 Å². The smallest absolute Gasteiger partial charge is 0.269 e. The summed E-state index contributed by atoms with van der Waals surface area (Å²) in [6.07, 6.45) is 0. The fraction of sp³-hybridized carbons (Fsp3) is 0.0833. The quantitative estimate of drug-likeness (QED) is 0.224. The molecule has 0 aliphatic carbocycles. The highest BCUT2D eigenvalue weighted by Gasteiger charge is 2.16. The highest BCUT2D eigenvalue weighted by Crippen LogP contribution is 2.23. The number of aromatic nitrogens is 2. The first-order valence-electron chi connectivity index (χ1n) is 10.5. The van der Waals surface area contributed by atoms with Crippen molar-refractivity contribution in [2.75, 3.05) is 15.4 Å². The summed E-state index contributed by atoms with van der Waals surface area (Å²) in [5.41, 5.74) is 3.65. The van der Waals surface area contributed by atoms with Crippen LogP contribution in [-0.2, 0) is 10.0 Å². The minimum Gasteiger partial charge on any atom is -0.340 e. The summed E-state index contributed by atoms with van der Waals surface area (Å²) in [7, 11) is -3.90. The zero-order valence-electron chi connectivity index (χ0n) is 18.9. The van der Waals surface area contributed by atoms with Crippen molar-refractivity contribution < 1.29 is 13.3 Å². The number of nitro groups is 1. The molecule has 0 unspecified atom stereocenters. The van der Waals surface area contributed by atoms with E-state index in [1.54, 1.807) is 24.3 Å². The van der Waals surface area contributed by atoms with Crippen LogP contribution in [0.25, 0.3) is 0 Å². The average Bonchev–Trinajstić information content (AvgIpc) is 2.81. The first-order valence-corrected chi connectivity index (χ1v) is 12.0. The van der Waals surface area contributed by atoms with E-state index in [1.165, 1.54) is 12.1 Å². The molecular formula is C24H22N6O4S. The SMILES string of the molecule is Cc1ccc(Nc2cc(C)nc(Nc3ccc(NS(=O)(=O)c4ccc([N+](=O)[O-])cc4)cc3)n2)cc1. The van der Waals surface area contributed by atoms with Crippen molar-refractivity contribution in [2.45, 2.75) is 18.7 Å². The summed E-state index contributed by atoms with van der Waals surface area (Å²) >= 11 is 0. The molecule has 0 amide bonds. The Morgan fingerprint density at radius 3 is 1.97 bits per heavy atom. The summed E-state index contributed by atoms with van der Waals surface area (Å²) in [6.45, 7) is 3.88. The highest BCUT2D eigenvalue weighted by atomic mass is 32.2. The van der Waals surface area contributed by atoms with Crippen LogP contribution in [0.5, 0.6) is 0 Å². The van der Waals surface area contributed by atoms with Gasteiger partial charge in [0.05, 0.1) is 9.82 Å². The molecule has 35 heavy (non-hydrogen) atoms. The van der Waals surface area contributed by atoms with Crippen molar-refractivity contribution >= 4 is 44.5 Å². The van der Waals surface area contributed by atoms with Gasteiger partial charge in [0.15, 0.2) is 0 Å². The minimum atomic E-state index is -3.90. The number of nitro benzene ring substituents is 1. The molecule has 0 spiro atoms. The largest absolute Gasteiger partial charge is 0.340 e. The van der Waals surface area contributed by atoms with Crippen LogP contribution in [-0.4, -0.2) is 23.3 Å². The van der Waals surface area contributed by atoms with Gasteiger partial charge < -0.3 is 10.6 Å². The van der Waals surface area contributed by atoms with E-state index in [-0.39, 0.29) is 10.6 Å². The van der Waals surface area contributed by atoms with Crippen LogP contribution in [0, 0.1) is 24.0 Å². The number of benzene rings is 3. The molecule has 1 heterocycles. The zero-order chi connectivity index (χ0) is 25.0. The molecule has 0 atom stereocenters. The van der Waals surface area contributed by atoms with E-state index in [9.17, 15) is 18.5 Å². The lowest BCUT2D eigenvalue weighted by Crippen LogP contribution is -2.12. The Morgan fingerprint density at radius 2 is 1.34 bits per heavy atom.